The summed E-state index contributed by atoms with van der Waals surface area (Å²) in [5.74, 6) is 0.864. The Morgan fingerprint density at radius 3 is 2.83 bits per heavy atom. The molecule has 0 aliphatic carbocycles. The van der Waals surface area contributed by atoms with Crippen LogP contribution in [0.15, 0.2) is 35.3 Å². The van der Waals surface area contributed by atoms with E-state index in [1.54, 1.807) is 0 Å². The van der Waals surface area contributed by atoms with E-state index in [2.05, 4.69) is 57.8 Å². The third-order valence-electron chi connectivity index (χ3n) is 4.24. The van der Waals surface area contributed by atoms with Crippen LogP contribution in [0.25, 0.3) is 0 Å². The number of ether oxygens (including phenoxy) is 1. The number of benzene rings is 1. The van der Waals surface area contributed by atoms with Crippen LogP contribution in [0.3, 0.4) is 0 Å². The number of guanidine groups is 1. The van der Waals surface area contributed by atoms with Gasteiger partial charge in [-0.2, -0.15) is 0 Å². The lowest BCUT2D eigenvalue weighted by atomic mass is 10.2. The molecule has 2 unspecified atom stereocenters. The normalized spacial score (nSPS) is 22.3. The minimum atomic E-state index is 0.437. The molecule has 1 aromatic carbocycles. The molecule has 0 saturated carbocycles. The molecule has 0 amide bonds. The lowest BCUT2D eigenvalue weighted by Gasteiger charge is -2.21. The zero-order valence-electron chi connectivity index (χ0n) is 14.6. The molecule has 5 heteroatoms. The predicted molar refractivity (Wildman–Crippen MR) is 95.7 cm³/mol. The minimum Gasteiger partial charge on any atom is -0.380 e. The second kappa shape index (κ2) is 9.53. The number of hydrogen-bond donors (Lipinski definition) is 2. The maximum Gasteiger partial charge on any atom is 0.191 e. The first-order valence-corrected chi connectivity index (χ1v) is 8.55. The predicted octanol–water partition coefficient (Wildman–Crippen LogP) is 1.85. The second-order valence-electron chi connectivity index (χ2n) is 6.04. The second-order valence-corrected chi connectivity index (χ2v) is 6.04. The van der Waals surface area contributed by atoms with Crippen molar-refractivity contribution in [2.24, 2.45) is 4.99 Å². The van der Waals surface area contributed by atoms with E-state index in [9.17, 15) is 0 Å². The first-order chi connectivity index (χ1) is 11.2. The van der Waals surface area contributed by atoms with Crippen molar-refractivity contribution in [3.05, 3.63) is 35.9 Å². The smallest absolute Gasteiger partial charge is 0.191 e. The lowest BCUT2D eigenvalue weighted by molar-refractivity contribution is 0.152. The van der Waals surface area contributed by atoms with Gasteiger partial charge in [-0.05, 0) is 25.8 Å². The number of aliphatic imine (C=N–C) groups is 1. The van der Waals surface area contributed by atoms with Gasteiger partial charge in [0.2, 0.25) is 0 Å². The van der Waals surface area contributed by atoms with Crippen LogP contribution in [-0.2, 0) is 11.3 Å². The van der Waals surface area contributed by atoms with Crippen molar-refractivity contribution < 1.29 is 4.74 Å². The SMILES string of the molecule is CCOCCNC(=NC)NC1CC(C)N(Cc2ccccc2)C1. The van der Waals surface area contributed by atoms with E-state index in [-0.39, 0.29) is 0 Å². The summed E-state index contributed by atoms with van der Waals surface area (Å²) in [7, 11) is 1.82. The maximum absolute atomic E-state index is 5.35. The van der Waals surface area contributed by atoms with Gasteiger partial charge in [0.05, 0.1) is 6.61 Å². The molecule has 5 nitrogen and oxygen atoms in total. The summed E-state index contributed by atoms with van der Waals surface area (Å²) >= 11 is 0. The molecule has 0 aromatic heterocycles. The molecular weight excluding hydrogens is 288 g/mol. The van der Waals surface area contributed by atoms with Crippen LogP contribution in [0.1, 0.15) is 25.8 Å². The Morgan fingerprint density at radius 2 is 2.13 bits per heavy atom. The first-order valence-electron chi connectivity index (χ1n) is 8.55. The van der Waals surface area contributed by atoms with Gasteiger partial charge in [-0.3, -0.25) is 9.89 Å². The van der Waals surface area contributed by atoms with E-state index in [4.69, 9.17) is 4.74 Å². The van der Waals surface area contributed by atoms with Gasteiger partial charge < -0.3 is 15.4 Å². The van der Waals surface area contributed by atoms with Crippen molar-refractivity contribution in [3.8, 4) is 0 Å². The van der Waals surface area contributed by atoms with Crippen LogP contribution in [0.5, 0.6) is 0 Å². The summed E-state index contributed by atoms with van der Waals surface area (Å²) in [6.45, 7) is 8.60. The summed E-state index contributed by atoms with van der Waals surface area (Å²) in [6.07, 6.45) is 1.14. The van der Waals surface area contributed by atoms with Crippen LogP contribution >= 0.6 is 0 Å². The zero-order chi connectivity index (χ0) is 16.5. The first kappa shape index (κ1) is 17.8. The molecule has 1 aromatic rings. The van der Waals surface area contributed by atoms with E-state index < -0.39 is 0 Å². The van der Waals surface area contributed by atoms with Crippen molar-refractivity contribution in [2.45, 2.75) is 38.9 Å². The Labute approximate surface area is 140 Å². The number of nitrogens with zero attached hydrogens (tertiary/aromatic N) is 2. The molecule has 1 saturated heterocycles. The van der Waals surface area contributed by atoms with Gasteiger partial charge in [-0.15, -0.1) is 0 Å². The molecule has 0 spiro atoms. The average molecular weight is 318 g/mol. The molecular formula is C18H30N4O. The molecule has 23 heavy (non-hydrogen) atoms. The van der Waals surface area contributed by atoms with Crippen LogP contribution in [-0.4, -0.2) is 56.3 Å². The highest BCUT2D eigenvalue weighted by Gasteiger charge is 2.29. The molecule has 2 N–H and O–H groups in total. The minimum absolute atomic E-state index is 0.437. The van der Waals surface area contributed by atoms with E-state index in [0.717, 1.165) is 38.6 Å². The Hall–Kier alpha value is -1.59. The summed E-state index contributed by atoms with van der Waals surface area (Å²) in [5, 5.41) is 6.84. The highest BCUT2D eigenvalue weighted by molar-refractivity contribution is 5.80. The largest absolute Gasteiger partial charge is 0.380 e. The molecule has 1 aliphatic heterocycles. The van der Waals surface area contributed by atoms with Crippen molar-refractivity contribution in [1.82, 2.24) is 15.5 Å². The van der Waals surface area contributed by atoms with Crippen molar-refractivity contribution in [3.63, 3.8) is 0 Å². The molecule has 0 bridgehead atoms. The van der Waals surface area contributed by atoms with Gasteiger partial charge in [0.15, 0.2) is 5.96 Å². The highest BCUT2D eigenvalue weighted by Crippen LogP contribution is 2.20. The van der Waals surface area contributed by atoms with E-state index in [1.807, 2.05) is 14.0 Å². The molecule has 1 fully saturated rings. The lowest BCUT2D eigenvalue weighted by Crippen LogP contribution is -2.45. The van der Waals surface area contributed by atoms with Gasteiger partial charge >= 0.3 is 0 Å². The summed E-state index contributed by atoms with van der Waals surface area (Å²) in [5.41, 5.74) is 1.37. The van der Waals surface area contributed by atoms with Gasteiger partial charge in [0.1, 0.15) is 0 Å². The molecule has 2 atom stereocenters. The third kappa shape index (κ3) is 5.84. The van der Waals surface area contributed by atoms with Crippen molar-refractivity contribution >= 4 is 5.96 Å². The number of rotatable bonds is 7. The van der Waals surface area contributed by atoms with Gasteiger partial charge in [-0.1, -0.05) is 30.3 Å². The number of likely N-dealkylation sites (tertiary alicyclic amines) is 1. The van der Waals surface area contributed by atoms with Crippen LogP contribution in [0.2, 0.25) is 0 Å². The summed E-state index contributed by atoms with van der Waals surface area (Å²) < 4.78 is 5.35. The fraction of sp³-hybridized carbons (Fsp3) is 0.611. The Morgan fingerprint density at radius 1 is 1.35 bits per heavy atom. The Bertz CT molecular complexity index is 477. The number of hydrogen-bond acceptors (Lipinski definition) is 3. The van der Waals surface area contributed by atoms with Gasteiger partial charge in [-0.25, -0.2) is 0 Å². The van der Waals surface area contributed by atoms with Crippen LogP contribution < -0.4 is 10.6 Å². The van der Waals surface area contributed by atoms with Crippen molar-refractivity contribution in [1.29, 1.82) is 0 Å². The summed E-state index contributed by atoms with van der Waals surface area (Å²) in [4.78, 5) is 6.83. The third-order valence-corrected chi connectivity index (χ3v) is 4.24. The number of nitrogens with one attached hydrogen (secondary N) is 2. The van der Waals surface area contributed by atoms with E-state index in [0.29, 0.717) is 18.7 Å². The quantitative estimate of drug-likeness (QED) is 0.458. The fourth-order valence-corrected chi connectivity index (χ4v) is 3.02. The van der Waals surface area contributed by atoms with E-state index in [1.165, 1.54) is 5.56 Å². The topological polar surface area (TPSA) is 48.9 Å². The molecule has 2 rings (SSSR count). The fourth-order valence-electron chi connectivity index (χ4n) is 3.02. The maximum atomic E-state index is 5.35. The van der Waals surface area contributed by atoms with E-state index >= 15 is 0 Å². The zero-order valence-corrected chi connectivity index (χ0v) is 14.6. The molecule has 0 radical (unpaired) electrons. The van der Waals surface area contributed by atoms with Gasteiger partial charge in [0, 0.05) is 45.4 Å². The average Bonchev–Trinajstić information content (AvgIpc) is 2.91. The molecule has 128 valence electrons. The standard InChI is InChI=1S/C18H30N4O/c1-4-23-11-10-20-18(19-3)21-17-12-15(2)22(14-17)13-16-8-6-5-7-9-16/h5-9,15,17H,4,10-14H2,1-3H3,(H2,19,20,21). The van der Waals surface area contributed by atoms with Crippen molar-refractivity contribution in [2.75, 3.05) is 33.4 Å². The monoisotopic (exact) mass is 318 g/mol. The Balaban J connectivity index is 1.78. The summed E-state index contributed by atoms with van der Waals surface area (Å²) in [6, 6.07) is 11.7. The Kier molecular flexibility index (Phi) is 7.36. The van der Waals surface area contributed by atoms with Gasteiger partial charge in [0.25, 0.3) is 0 Å². The molecule has 1 aliphatic rings. The van der Waals surface area contributed by atoms with Crippen LogP contribution in [0.4, 0.5) is 0 Å². The van der Waals surface area contributed by atoms with Crippen LogP contribution in [0, 0.1) is 0 Å². The highest BCUT2D eigenvalue weighted by atomic mass is 16.5. The molecule has 1 heterocycles.